The third kappa shape index (κ3) is 2.04. The average Bonchev–Trinajstić information content (AvgIpc) is 2.77. The second-order valence-electron chi connectivity index (χ2n) is 3.57. The van der Waals surface area contributed by atoms with Gasteiger partial charge in [0.1, 0.15) is 6.07 Å². The maximum absolute atomic E-state index is 9.18. The van der Waals surface area contributed by atoms with Crippen LogP contribution in [0, 0.1) is 18.3 Å². The Balaban J connectivity index is 2.57. The van der Waals surface area contributed by atoms with Crippen molar-refractivity contribution in [2.24, 2.45) is 5.73 Å². The molecule has 4 heteroatoms. The Bertz CT molecular complexity index is 591. The average molecular weight is 225 g/mol. The first-order chi connectivity index (χ1) is 8.24. The minimum absolute atomic E-state index is 0.336. The van der Waals surface area contributed by atoms with Crippen LogP contribution in [0.2, 0.25) is 0 Å². The van der Waals surface area contributed by atoms with E-state index in [4.69, 9.17) is 10.2 Å². The number of hydrogen-bond acceptors (Lipinski definition) is 4. The van der Waals surface area contributed by atoms with Crippen LogP contribution in [0.15, 0.2) is 41.3 Å². The van der Waals surface area contributed by atoms with Crippen LogP contribution >= 0.6 is 0 Å². The standard InChI is InChI=1S/C13H11N3O/c1-9-4-6-17-13(9)12(15)11(7-14)10-3-2-5-16-8-10/h2-6,8H,15H2,1H3/b12-11+. The van der Waals surface area contributed by atoms with Crippen LogP contribution in [0.5, 0.6) is 0 Å². The molecular formula is C13H11N3O. The molecule has 0 spiro atoms. The molecule has 84 valence electrons. The number of pyridine rings is 1. The molecule has 0 unspecified atom stereocenters. The van der Waals surface area contributed by atoms with Gasteiger partial charge < -0.3 is 10.2 Å². The molecule has 0 aliphatic carbocycles. The molecule has 0 aliphatic rings. The monoisotopic (exact) mass is 225 g/mol. The van der Waals surface area contributed by atoms with E-state index in [1.54, 1.807) is 36.9 Å². The van der Waals surface area contributed by atoms with Gasteiger partial charge in [-0.15, -0.1) is 0 Å². The lowest BCUT2D eigenvalue weighted by Gasteiger charge is -2.03. The van der Waals surface area contributed by atoms with E-state index in [1.165, 1.54) is 0 Å². The van der Waals surface area contributed by atoms with Gasteiger partial charge >= 0.3 is 0 Å². The smallest absolute Gasteiger partial charge is 0.153 e. The molecule has 2 aromatic rings. The van der Waals surface area contributed by atoms with E-state index in [0.717, 1.165) is 5.56 Å². The van der Waals surface area contributed by atoms with Crippen LogP contribution in [0.1, 0.15) is 16.9 Å². The Kier molecular flexibility index (Phi) is 2.93. The van der Waals surface area contributed by atoms with Crippen LogP contribution < -0.4 is 5.73 Å². The summed E-state index contributed by atoms with van der Waals surface area (Å²) in [6.07, 6.45) is 4.80. The predicted octanol–water partition coefficient (Wildman–Crippen LogP) is 2.33. The summed E-state index contributed by atoms with van der Waals surface area (Å²) in [5.74, 6) is 0.533. The number of aromatic nitrogens is 1. The van der Waals surface area contributed by atoms with Gasteiger partial charge in [-0.25, -0.2) is 0 Å². The number of nitrogens with two attached hydrogens (primary N) is 1. The van der Waals surface area contributed by atoms with Gasteiger partial charge in [0.25, 0.3) is 0 Å². The molecule has 0 atom stereocenters. The molecule has 4 nitrogen and oxygen atoms in total. The molecule has 2 N–H and O–H groups in total. The quantitative estimate of drug-likeness (QED) is 0.796. The Morgan fingerprint density at radius 2 is 2.29 bits per heavy atom. The minimum atomic E-state index is 0.336. The van der Waals surface area contributed by atoms with E-state index in [9.17, 15) is 5.26 Å². The summed E-state index contributed by atoms with van der Waals surface area (Å²) in [6.45, 7) is 1.88. The van der Waals surface area contributed by atoms with Crippen molar-refractivity contribution in [1.82, 2.24) is 4.98 Å². The highest BCUT2D eigenvalue weighted by atomic mass is 16.3. The Hall–Kier alpha value is -2.54. The molecule has 0 aliphatic heterocycles. The lowest BCUT2D eigenvalue weighted by Crippen LogP contribution is -2.01. The summed E-state index contributed by atoms with van der Waals surface area (Å²) in [5, 5.41) is 9.18. The van der Waals surface area contributed by atoms with E-state index >= 15 is 0 Å². The Morgan fingerprint density at radius 3 is 2.82 bits per heavy atom. The lowest BCUT2D eigenvalue weighted by molar-refractivity contribution is 0.550. The molecule has 17 heavy (non-hydrogen) atoms. The topological polar surface area (TPSA) is 75.8 Å². The molecule has 2 heterocycles. The zero-order valence-electron chi connectivity index (χ0n) is 9.34. The zero-order valence-corrected chi connectivity index (χ0v) is 9.34. The van der Waals surface area contributed by atoms with Crippen molar-refractivity contribution in [3.63, 3.8) is 0 Å². The van der Waals surface area contributed by atoms with Crippen LogP contribution in [0.25, 0.3) is 11.3 Å². The fourth-order valence-electron chi connectivity index (χ4n) is 1.55. The molecule has 2 rings (SSSR count). The van der Waals surface area contributed by atoms with Crippen molar-refractivity contribution in [1.29, 1.82) is 5.26 Å². The summed E-state index contributed by atoms with van der Waals surface area (Å²) in [6, 6.07) is 7.44. The number of rotatable bonds is 2. The number of nitrogens with zero attached hydrogens (tertiary/aromatic N) is 2. The van der Waals surface area contributed by atoms with E-state index in [0.29, 0.717) is 22.6 Å². The van der Waals surface area contributed by atoms with Crippen LogP contribution in [0.3, 0.4) is 0 Å². The van der Waals surface area contributed by atoms with E-state index < -0.39 is 0 Å². The van der Waals surface area contributed by atoms with Crippen LogP contribution in [-0.2, 0) is 0 Å². The minimum Gasteiger partial charge on any atom is -0.462 e. The van der Waals surface area contributed by atoms with Crippen molar-refractivity contribution in [3.8, 4) is 6.07 Å². The fraction of sp³-hybridized carbons (Fsp3) is 0.0769. The van der Waals surface area contributed by atoms with Crippen molar-refractivity contribution in [2.45, 2.75) is 6.92 Å². The largest absolute Gasteiger partial charge is 0.462 e. The van der Waals surface area contributed by atoms with Gasteiger partial charge in [-0.1, -0.05) is 6.07 Å². The fourth-order valence-corrected chi connectivity index (χ4v) is 1.55. The summed E-state index contributed by atoms with van der Waals surface area (Å²) in [5.41, 5.74) is 8.26. The van der Waals surface area contributed by atoms with Crippen LogP contribution in [-0.4, -0.2) is 4.98 Å². The third-order valence-corrected chi connectivity index (χ3v) is 2.44. The number of hydrogen-bond donors (Lipinski definition) is 1. The summed E-state index contributed by atoms with van der Waals surface area (Å²) in [7, 11) is 0. The predicted molar refractivity (Wildman–Crippen MR) is 64.3 cm³/mol. The van der Waals surface area contributed by atoms with Gasteiger partial charge in [0.05, 0.1) is 17.5 Å². The van der Waals surface area contributed by atoms with Crippen molar-refractivity contribution in [3.05, 3.63) is 53.7 Å². The van der Waals surface area contributed by atoms with Gasteiger partial charge in [-0.3, -0.25) is 4.98 Å². The second kappa shape index (κ2) is 4.54. The van der Waals surface area contributed by atoms with Gasteiger partial charge in [0.15, 0.2) is 5.76 Å². The molecule has 0 amide bonds. The highest BCUT2D eigenvalue weighted by Gasteiger charge is 2.12. The Labute approximate surface area is 99.0 Å². The maximum Gasteiger partial charge on any atom is 0.153 e. The van der Waals surface area contributed by atoms with E-state index in [2.05, 4.69) is 11.1 Å². The summed E-state index contributed by atoms with van der Waals surface area (Å²) >= 11 is 0. The lowest BCUT2D eigenvalue weighted by atomic mass is 10.0. The summed E-state index contributed by atoms with van der Waals surface area (Å²) < 4.78 is 5.28. The highest BCUT2D eigenvalue weighted by Crippen LogP contribution is 2.24. The molecule has 0 fully saturated rings. The molecule has 0 aromatic carbocycles. The summed E-state index contributed by atoms with van der Waals surface area (Å²) in [4.78, 5) is 3.97. The van der Waals surface area contributed by atoms with Crippen molar-refractivity contribution in [2.75, 3.05) is 0 Å². The maximum atomic E-state index is 9.18. The highest BCUT2D eigenvalue weighted by molar-refractivity contribution is 5.95. The first-order valence-corrected chi connectivity index (χ1v) is 5.08. The number of furan rings is 1. The molecule has 2 aromatic heterocycles. The third-order valence-electron chi connectivity index (χ3n) is 2.44. The number of aryl methyl sites for hydroxylation is 1. The van der Waals surface area contributed by atoms with Gasteiger partial charge in [0, 0.05) is 18.0 Å². The first kappa shape index (κ1) is 11.0. The SMILES string of the molecule is Cc1ccoc1/C(N)=C(/C#N)c1cccnc1. The molecule has 0 bridgehead atoms. The molecule has 0 saturated heterocycles. The second-order valence-corrected chi connectivity index (χ2v) is 3.57. The van der Waals surface area contributed by atoms with Crippen molar-refractivity contribution >= 4 is 11.3 Å². The van der Waals surface area contributed by atoms with Gasteiger partial charge in [-0.05, 0) is 24.6 Å². The zero-order chi connectivity index (χ0) is 12.3. The normalized spacial score (nSPS) is 11.8. The number of nitriles is 1. The van der Waals surface area contributed by atoms with Gasteiger partial charge in [0.2, 0.25) is 0 Å². The van der Waals surface area contributed by atoms with Crippen molar-refractivity contribution < 1.29 is 4.42 Å². The van der Waals surface area contributed by atoms with Crippen LogP contribution in [0.4, 0.5) is 0 Å². The van der Waals surface area contributed by atoms with Gasteiger partial charge in [-0.2, -0.15) is 5.26 Å². The molecule has 0 saturated carbocycles. The van der Waals surface area contributed by atoms with E-state index in [-0.39, 0.29) is 0 Å². The molecule has 0 radical (unpaired) electrons. The molecular weight excluding hydrogens is 214 g/mol. The Morgan fingerprint density at radius 1 is 1.47 bits per heavy atom. The van der Waals surface area contributed by atoms with E-state index in [1.807, 2.05) is 6.92 Å². The first-order valence-electron chi connectivity index (χ1n) is 5.08. The number of allylic oxidation sites excluding steroid dienone is 1.